The zero-order valence-corrected chi connectivity index (χ0v) is 37.2. The van der Waals surface area contributed by atoms with E-state index in [4.69, 9.17) is 14.2 Å². The Morgan fingerprint density at radius 2 is 1.04 bits per heavy atom. The molecule has 3 atom stereocenters. The highest BCUT2D eigenvalue weighted by molar-refractivity contribution is 5.32. The summed E-state index contributed by atoms with van der Waals surface area (Å²) in [7, 11) is 0. The van der Waals surface area contributed by atoms with Gasteiger partial charge in [-0.25, -0.2) is 0 Å². The first kappa shape index (κ1) is 45.6. The molecule has 3 nitrogen and oxygen atoms in total. The van der Waals surface area contributed by atoms with Gasteiger partial charge in [-0.15, -0.1) is 0 Å². The number of hydrogen-bond donors (Lipinski definition) is 0. The minimum Gasteiger partial charge on any atom is -0.489 e. The molecule has 0 heterocycles. The second-order valence-electron chi connectivity index (χ2n) is 21.2. The molecule has 3 heteroatoms. The average molecular weight is 741 g/mol. The predicted octanol–water partition coefficient (Wildman–Crippen LogP) is 15.4. The molecule has 3 unspecified atom stereocenters. The van der Waals surface area contributed by atoms with Crippen LogP contribution in [0.2, 0.25) is 0 Å². The lowest BCUT2D eigenvalue weighted by Crippen LogP contribution is -2.28. The van der Waals surface area contributed by atoms with Gasteiger partial charge in [0.05, 0.1) is 6.61 Å². The van der Waals surface area contributed by atoms with E-state index in [-0.39, 0.29) is 17.1 Å². The third-order valence-corrected chi connectivity index (χ3v) is 10.9. The summed E-state index contributed by atoms with van der Waals surface area (Å²) in [5, 5.41) is 0. The van der Waals surface area contributed by atoms with Crippen LogP contribution in [0.15, 0.2) is 78.9 Å². The minimum absolute atomic E-state index is 0.174. The summed E-state index contributed by atoms with van der Waals surface area (Å²) in [6.07, 6.45) is 10.3. The van der Waals surface area contributed by atoms with Gasteiger partial charge in [0.25, 0.3) is 0 Å². The third kappa shape index (κ3) is 16.9. The number of ether oxygens (including phenoxy) is 3. The molecule has 302 valence electrons. The molecule has 0 spiro atoms. The summed E-state index contributed by atoms with van der Waals surface area (Å²) >= 11 is 0. The molecule has 0 aliphatic heterocycles. The first-order valence-electron chi connectivity index (χ1n) is 21.3. The Morgan fingerprint density at radius 3 is 1.46 bits per heavy atom. The Morgan fingerprint density at radius 1 is 0.574 bits per heavy atom. The molecular weight excluding hydrogens is 661 g/mol. The molecule has 0 N–H and O–H groups in total. The highest BCUT2D eigenvalue weighted by Crippen LogP contribution is 2.44. The Bertz CT molecular complexity index is 1440. The van der Waals surface area contributed by atoms with Crippen molar-refractivity contribution in [3.05, 3.63) is 95.6 Å². The van der Waals surface area contributed by atoms with Crippen molar-refractivity contribution in [2.75, 3.05) is 6.61 Å². The first-order chi connectivity index (χ1) is 25.1. The van der Waals surface area contributed by atoms with Crippen LogP contribution in [0.1, 0.15) is 177 Å². The molecule has 1 fully saturated rings. The quantitative estimate of drug-likeness (QED) is 0.154. The van der Waals surface area contributed by atoms with E-state index in [1.54, 1.807) is 0 Å². The van der Waals surface area contributed by atoms with Gasteiger partial charge in [-0.1, -0.05) is 184 Å². The molecule has 1 aliphatic carbocycles. The Labute approximate surface area is 333 Å². The number of benzene rings is 3. The smallest absolute Gasteiger partial charge is 0.202 e. The van der Waals surface area contributed by atoms with Gasteiger partial charge >= 0.3 is 0 Å². The van der Waals surface area contributed by atoms with E-state index in [0.29, 0.717) is 35.2 Å². The fraction of sp³-hybridized carbons (Fsp3) is 0.647. The Hall–Kier alpha value is -2.78. The van der Waals surface area contributed by atoms with Gasteiger partial charge in [0.1, 0.15) is 18.1 Å². The summed E-state index contributed by atoms with van der Waals surface area (Å²) in [4.78, 5) is 0. The second-order valence-corrected chi connectivity index (χ2v) is 21.2. The van der Waals surface area contributed by atoms with Gasteiger partial charge < -0.3 is 14.2 Å². The molecule has 0 aromatic heterocycles. The Balaban J connectivity index is 0.000000297. The van der Waals surface area contributed by atoms with Crippen molar-refractivity contribution in [1.82, 2.24) is 0 Å². The van der Waals surface area contributed by atoms with Crippen molar-refractivity contribution >= 4 is 0 Å². The van der Waals surface area contributed by atoms with Crippen LogP contribution in [0, 0.1) is 33.5 Å². The van der Waals surface area contributed by atoms with E-state index in [9.17, 15) is 0 Å². The molecule has 54 heavy (non-hydrogen) atoms. The maximum atomic E-state index is 6.26. The van der Waals surface area contributed by atoms with E-state index < -0.39 is 0 Å². The van der Waals surface area contributed by atoms with E-state index in [1.165, 1.54) is 68.1 Å². The van der Waals surface area contributed by atoms with Gasteiger partial charge in [0.2, 0.25) is 6.29 Å². The molecule has 0 bridgehead atoms. The van der Waals surface area contributed by atoms with Crippen LogP contribution in [0.3, 0.4) is 0 Å². The van der Waals surface area contributed by atoms with Gasteiger partial charge in [-0.2, -0.15) is 0 Å². The topological polar surface area (TPSA) is 27.7 Å². The highest BCUT2D eigenvalue weighted by Gasteiger charge is 2.31. The standard InChI is InChI=1S/C28H48O2.C23H32O/c1-21(2)26(29-19-18-22-12-10-9-11-13-22)30-24-16-14-23(15-17-24)25(28(6,7)8)20-27(3,4)5;1-22(2,3)16-21(23(4,5)6)19-12-14-20(15-13-19)24-17-18-10-8-7-9-11-18/h14-17,21-22,25-26H,9-13,18-20H2,1-8H3;7-15,21H,16-17H2,1-6H3. The van der Waals surface area contributed by atoms with Gasteiger partial charge in [0.15, 0.2) is 0 Å². The number of hydrogen-bond acceptors (Lipinski definition) is 3. The third-order valence-electron chi connectivity index (χ3n) is 10.9. The van der Waals surface area contributed by atoms with Gasteiger partial charge in [-0.05, 0) is 99.6 Å². The summed E-state index contributed by atoms with van der Waals surface area (Å²) in [6.45, 7) is 33.8. The molecule has 3 aromatic carbocycles. The summed E-state index contributed by atoms with van der Waals surface area (Å²) in [5.74, 6) is 4.10. The molecular formula is C51H80O3. The van der Waals surface area contributed by atoms with Crippen LogP contribution in [0.5, 0.6) is 11.5 Å². The van der Waals surface area contributed by atoms with Crippen LogP contribution < -0.4 is 9.47 Å². The van der Waals surface area contributed by atoms with Crippen molar-refractivity contribution in [2.24, 2.45) is 33.5 Å². The molecule has 3 aromatic rings. The van der Waals surface area contributed by atoms with Gasteiger partial charge in [0, 0.05) is 5.92 Å². The second kappa shape index (κ2) is 20.4. The van der Waals surface area contributed by atoms with Crippen molar-refractivity contribution in [2.45, 2.75) is 173 Å². The lowest BCUT2D eigenvalue weighted by Gasteiger charge is -2.36. The minimum atomic E-state index is -0.174. The van der Waals surface area contributed by atoms with Crippen LogP contribution >= 0.6 is 0 Å². The predicted molar refractivity (Wildman–Crippen MR) is 233 cm³/mol. The first-order valence-corrected chi connectivity index (χ1v) is 21.3. The van der Waals surface area contributed by atoms with E-state index in [2.05, 4.69) is 158 Å². The fourth-order valence-electron chi connectivity index (χ4n) is 7.71. The van der Waals surface area contributed by atoms with E-state index >= 15 is 0 Å². The fourth-order valence-corrected chi connectivity index (χ4v) is 7.71. The lowest BCUT2D eigenvalue weighted by molar-refractivity contribution is -0.111. The summed E-state index contributed by atoms with van der Waals surface area (Å²) < 4.78 is 18.4. The van der Waals surface area contributed by atoms with E-state index in [0.717, 1.165) is 24.0 Å². The molecule has 1 aliphatic rings. The lowest BCUT2D eigenvalue weighted by atomic mass is 9.69. The molecule has 0 amide bonds. The SMILES string of the molecule is CC(C)(C)CC(c1ccc(OCc2ccccc2)cc1)C(C)(C)C.CC(C)C(OCCC1CCCCC1)Oc1ccc(C(CC(C)(C)C)C(C)(C)C)cc1. The van der Waals surface area contributed by atoms with Crippen LogP contribution in [0.25, 0.3) is 0 Å². The highest BCUT2D eigenvalue weighted by atomic mass is 16.7. The van der Waals surface area contributed by atoms with E-state index in [1.807, 2.05) is 18.2 Å². The largest absolute Gasteiger partial charge is 0.489 e. The van der Waals surface area contributed by atoms with Crippen molar-refractivity contribution in [3.63, 3.8) is 0 Å². The zero-order valence-electron chi connectivity index (χ0n) is 37.2. The molecule has 0 radical (unpaired) electrons. The maximum absolute atomic E-state index is 6.26. The molecule has 0 saturated heterocycles. The van der Waals surface area contributed by atoms with Crippen molar-refractivity contribution < 1.29 is 14.2 Å². The van der Waals surface area contributed by atoms with Crippen LogP contribution in [-0.2, 0) is 11.3 Å². The average Bonchev–Trinajstić information content (AvgIpc) is 3.08. The zero-order chi connectivity index (χ0) is 40.2. The number of rotatable bonds is 14. The summed E-state index contributed by atoms with van der Waals surface area (Å²) in [5.41, 5.74) is 5.12. The van der Waals surface area contributed by atoms with Crippen molar-refractivity contribution in [3.8, 4) is 11.5 Å². The molecule has 1 saturated carbocycles. The monoisotopic (exact) mass is 741 g/mol. The molecule has 4 rings (SSSR count). The van der Waals surface area contributed by atoms with Crippen LogP contribution in [0.4, 0.5) is 0 Å². The summed E-state index contributed by atoms with van der Waals surface area (Å²) in [6, 6.07) is 27.8. The van der Waals surface area contributed by atoms with Crippen LogP contribution in [-0.4, -0.2) is 12.9 Å². The normalized spacial score (nSPS) is 16.3. The Kier molecular flexibility index (Phi) is 17.2. The van der Waals surface area contributed by atoms with Crippen molar-refractivity contribution in [1.29, 1.82) is 0 Å². The maximum Gasteiger partial charge on any atom is 0.202 e. The van der Waals surface area contributed by atoms with Gasteiger partial charge in [-0.3, -0.25) is 0 Å².